The number of benzene rings is 1. The zero-order valence-electron chi connectivity index (χ0n) is 6.54. The Labute approximate surface area is 92.8 Å². The molecule has 0 radical (unpaired) electrons. The van der Waals surface area contributed by atoms with Crippen molar-refractivity contribution >= 4 is 37.8 Å². The molecule has 1 aromatic carbocycles. The molecule has 13 heavy (non-hydrogen) atoms. The third-order valence-corrected chi connectivity index (χ3v) is 1.64. The van der Waals surface area contributed by atoms with Crippen LogP contribution in [0.2, 0.25) is 0 Å². The molecule has 0 spiro atoms. The first kappa shape index (κ1) is 10.5. The Kier molecular flexibility index (Phi) is 4.18. The summed E-state index contributed by atoms with van der Waals surface area (Å²) in [4.78, 5) is 11.2. The van der Waals surface area contributed by atoms with Crippen molar-refractivity contribution in [1.29, 1.82) is 0 Å². The summed E-state index contributed by atoms with van der Waals surface area (Å²) in [6.45, 7) is 0. The second-order valence-corrected chi connectivity index (χ2v) is 4.95. The fraction of sp³-hybridized carbons (Fsp3) is 0. The number of carbonyl (C=O) groups excluding carboxylic acids is 1. The van der Waals surface area contributed by atoms with E-state index in [1.54, 1.807) is 24.3 Å². The van der Waals surface area contributed by atoms with Crippen molar-refractivity contribution in [2.24, 2.45) is 0 Å². The fourth-order valence-electron chi connectivity index (χ4n) is 0.740. The standard InChI is InChI=1S/C9H6Br2O2/c10-8(11)6-13-9(12)7-4-2-1-3-5-7/h1-6H. The van der Waals surface area contributed by atoms with Gasteiger partial charge in [-0.05, 0) is 44.0 Å². The van der Waals surface area contributed by atoms with E-state index in [2.05, 4.69) is 31.9 Å². The zero-order chi connectivity index (χ0) is 9.68. The molecule has 68 valence electrons. The molecule has 0 aliphatic heterocycles. The Bertz CT molecular complexity index is 316. The maximum Gasteiger partial charge on any atom is 0.342 e. The molecule has 0 heterocycles. The van der Waals surface area contributed by atoms with E-state index < -0.39 is 0 Å². The van der Waals surface area contributed by atoms with Gasteiger partial charge in [-0.25, -0.2) is 4.79 Å². The summed E-state index contributed by atoms with van der Waals surface area (Å²) in [7, 11) is 0. The van der Waals surface area contributed by atoms with Crippen molar-refractivity contribution in [3.05, 3.63) is 45.5 Å². The van der Waals surface area contributed by atoms with Crippen molar-refractivity contribution in [2.45, 2.75) is 0 Å². The molecular formula is C9H6Br2O2. The van der Waals surface area contributed by atoms with Crippen LogP contribution < -0.4 is 0 Å². The Morgan fingerprint density at radius 3 is 2.38 bits per heavy atom. The lowest BCUT2D eigenvalue weighted by atomic mass is 10.2. The summed E-state index contributed by atoms with van der Waals surface area (Å²) in [6.07, 6.45) is 1.29. The van der Waals surface area contributed by atoms with E-state index in [-0.39, 0.29) is 5.97 Å². The highest BCUT2D eigenvalue weighted by molar-refractivity contribution is 9.28. The maximum absolute atomic E-state index is 11.2. The van der Waals surface area contributed by atoms with Crippen molar-refractivity contribution in [2.75, 3.05) is 0 Å². The Balaban J connectivity index is 2.65. The van der Waals surface area contributed by atoms with E-state index in [0.29, 0.717) is 8.96 Å². The Morgan fingerprint density at radius 2 is 1.85 bits per heavy atom. The van der Waals surface area contributed by atoms with E-state index in [9.17, 15) is 4.79 Å². The molecule has 2 nitrogen and oxygen atoms in total. The monoisotopic (exact) mass is 304 g/mol. The van der Waals surface area contributed by atoms with Gasteiger partial charge in [0.1, 0.15) is 6.26 Å². The number of rotatable bonds is 2. The van der Waals surface area contributed by atoms with Crippen LogP contribution in [0.1, 0.15) is 10.4 Å². The van der Waals surface area contributed by atoms with Crippen molar-refractivity contribution in [1.82, 2.24) is 0 Å². The van der Waals surface area contributed by atoms with Gasteiger partial charge in [-0.2, -0.15) is 0 Å². The highest BCUT2D eigenvalue weighted by Gasteiger charge is 2.03. The van der Waals surface area contributed by atoms with Gasteiger partial charge in [0, 0.05) is 0 Å². The van der Waals surface area contributed by atoms with Gasteiger partial charge in [-0.3, -0.25) is 0 Å². The summed E-state index contributed by atoms with van der Waals surface area (Å²) < 4.78 is 5.38. The minimum Gasteiger partial charge on any atom is -0.429 e. The second-order valence-electron chi connectivity index (χ2n) is 2.18. The Morgan fingerprint density at radius 1 is 1.23 bits per heavy atom. The van der Waals surface area contributed by atoms with Gasteiger partial charge >= 0.3 is 5.97 Å². The summed E-state index contributed by atoms with van der Waals surface area (Å²) >= 11 is 6.15. The fourth-order valence-corrected chi connectivity index (χ4v) is 0.927. The van der Waals surface area contributed by atoms with Crippen molar-refractivity contribution < 1.29 is 9.53 Å². The Hall–Kier alpha value is -0.610. The zero-order valence-corrected chi connectivity index (χ0v) is 9.71. The van der Waals surface area contributed by atoms with E-state index in [0.717, 1.165) is 0 Å². The van der Waals surface area contributed by atoms with E-state index in [1.807, 2.05) is 6.07 Å². The number of halogens is 2. The first-order valence-corrected chi connectivity index (χ1v) is 5.06. The normalized spacial score (nSPS) is 9.08. The number of carbonyl (C=O) groups is 1. The summed E-state index contributed by atoms with van der Waals surface area (Å²) in [6, 6.07) is 8.79. The number of hydrogen-bond acceptors (Lipinski definition) is 2. The molecule has 0 fully saturated rings. The molecule has 0 aliphatic rings. The molecule has 0 saturated heterocycles. The molecule has 0 amide bonds. The average molecular weight is 306 g/mol. The lowest BCUT2D eigenvalue weighted by molar-refractivity contribution is 0.0663. The molecule has 0 saturated carbocycles. The predicted molar refractivity (Wildman–Crippen MR) is 57.8 cm³/mol. The SMILES string of the molecule is O=C(OC=C(Br)Br)c1ccccc1. The third kappa shape index (κ3) is 3.74. The van der Waals surface area contributed by atoms with E-state index >= 15 is 0 Å². The first-order chi connectivity index (χ1) is 6.20. The lowest BCUT2D eigenvalue weighted by Crippen LogP contribution is -1.99. The van der Waals surface area contributed by atoms with Crippen LogP contribution >= 0.6 is 31.9 Å². The van der Waals surface area contributed by atoms with Gasteiger partial charge in [0.25, 0.3) is 0 Å². The molecule has 4 heteroatoms. The van der Waals surface area contributed by atoms with Crippen LogP contribution in [-0.4, -0.2) is 5.97 Å². The van der Waals surface area contributed by atoms with Gasteiger partial charge in [0.15, 0.2) is 0 Å². The molecule has 0 bridgehead atoms. The molecular weight excluding hydrogens is 300 g/mol. The van der Waals surface area contributed by atoms with Crippen LogP contribution in [-0.2, 0) is 4.74 Å². The highest BCUT2D eigenvalue weighted by atomic mass is 79.9. The van der Waals surface area contributed by atoms with Crippen molar-refractivity contribution in [3.63, 3.8) is 0 Å². The minimum atomic E-state index is -0.378. The maximum atomic E-state index is 11.2. The van der Waals surface area contributed by atoms with Gasteiger partial charge in [-0.15, -0.1) is 0 Å². The quantitative estimate of drug-likeness (QED) is 0.618. The minimum absolute atomic E-state index is 0.378. The summed E-state index contributed by atoms with van der Waals surface area (Å²) in [5.74, 6) is -0.378. The van der Waals surface area contributed by atoms with Crippen LogP contribution in [0, 0.1) is 0 Å². The first-order valence-electron chi connectivity index (χ1n) is 3.47. The summed E-state index contributed by atoms with van der Waals surface area (Å²) in [5, 5.41) is 0. The van der Waals surface area contributed by atoms with Crippen molar-refractivity contribution in [3.8, 4) is 0 Å². The molecule has 0 unspecified atom stereocenters. The van der Waals surface area contributed by atoms with Gasteiger partial charge in [0.05, 0.1) is 8.96 Å². The topological polar surface area (TPSA) is 26.3 Å². The number of ether oxygens (including phenoxy) is 1. The van der Waals surface area contributed by atoms with Crippen LogP contribution in [0.4, 0.5) is 0 Å². The molecule has 0 N–H and O–H groups in total. The van der Waals surface area contributed by atoms with Crippen LogP contribution in [0.5, 0.6) is 0 Å². The second kappa shape index (κ2) is 5.19. The molecule has 0 aliphatic carbocycles. The molecule has 1 aromatic rings. The molecule has 0 aromatic heterocycles. The third-order valence-electron chi connectivity index (χ3n) is 1.26. The smallest absolute Gasteiger partial charge is 0.342 e. The largest absolute Gasteiger partial charge is 0.429 e. The average Bonchev–Trinajstić information content (AvgIpc) is 2.15. The molecule has 0 atom stereocenters. The molecule has 1 rings (SSSR count). The van der Waals surface area contributed by atoms with E-state index in [4.69, 9.17) is 4.74 Å². The van der Waals surface area contributed by atoms with Crippen LogP contribution in [0.15, 0.2) is 40.0 Å². The number of esters is 1. The lowest BCUT2D eigenvalue weighted by Gasteiger charge is -1.97. The highest BCUT2D eigenvalue weighted by Crippen LogP contribution is 2.13. The predicted octanol–water partition coefficient (Wildman–Crippen LogP) is 3.43. The van der Waals surface area contributed by atoms with Gasteiger partial charge in [0.2, 0.25) is 0 Å². The van der Waals surface area contributed by atoms with Crippen LogP contribution in [0.25, 0.3) is 0 Å². The van der Waals surface area contributed by atoms with Gasteiger partial charge < -0.3 is 4.74 Å². The van der Waals surface area contributed by atoms with Gasteiger partial charge in [-0.1, -0.05) is 18.2 Å². The van der Waals surface area contributed by atoms with E-state index in [1.165, 1.54) is 6.26 Å². The summed E-state index contributed by atoms with van der Waals surface area (Å²) in [5.41, 5.74) is 0.528. The number of hydrogen-bond donors (Lipinski definition) is 0. The van der Waals surface area contributed by atoms with Crippen LogP contribution in [0.3, 0.4) is 0 Å².